The van der Waals surface area contributed by atoms with E-state index in [1.54, 1.807) is 17.0 Å². The molecule has 0 aliphatic carbocycles. The molecular weight excluding hydrogens is 436 g/mol. The Labute approximate surface area is 201 Å². The SMILES string of the molecule is Cc1ccc(C(C)(C)C)cc1/C(O)=C1\C(=O)C(=O)N(CCCN(C)C)C1c1ccc(Cl)cc1. The van der Waals surface area contributed by atoms with Gasteiger partial charge in [-0.15, -0.1) is 0 Å². The molecule has 1 amide bonds. The summed E-state index contributed by atoms with van der Waals surface area (Å²) in [5, 5.41) is 12.0. The minimum atomic E-state index is -0.665. The molecule has 0 radical (unpaired) electrons. The normalized spacial score (nSPS) is 18.4. The van der Waals surface area contributed by atoms with Crippen molar-refractivity contribution in [1.29, 1.82) is 0 Å². The lowest BCUT2D eigenvalue weighted by Crippen LogP contribution is -2.32. The van der Waals surface area contributed by atoms with Crippen LogP contribution < -0.4 is 0 Å². The molecule has 2 aromatic rings. The first-order valence-electron chi connectivity index (χ1n) is 11.2. The number of benzene rings is 2. The predicted molar refractivity (Wildman–Crippen MR) is 134 cm³/mol. The van der Waals surface area contributed by atoms with Crippen molar-refractivity contribution in [2.45, 2.75) is 45.6 Å². The number of likely N-dealkylation sites (tertiary alicyclic amines) is 1. The van der Waals surface area contributed by atoms with Gasteiger partial charge in [0.15, 0.2) is 0 Å². The smallest absolute Gasteiger partial charge is 0.295 e. The van der Waals surface area contributed by atoms with Gasteiger partial charge in [0.05, 0.1) is 11.6 Å². The van der Waals surface area contributed by atoms with Crippen LogP contribution >= 0.6 is 11.6 Å². The quantitative estimate of drug-likeness (QED) is 0.354. The molecule has 0 spiro atoms. The second-order valence-electron chi connectivity index (χ2n) is 9.98. The summed E-state index contributed by atoms with van der Waals surface area (Å²) < 4.78 is 0. The number of aryl methyl sites for hydroxylation is 1. The first kappa shape index (κ1) is 25.0. The van der Waals surface area contributed by atoms with Gasteiger partial charge in [-0.3, -0.25) is 9.59 Å². The molecule has 0 aromatic heterocycles. The van der Waals surface area contributed by atoms with Crippen LogP contribution in [-0.2, 0) is 15.0 Å². The Bertz CT molecular complexity index is 1080. The van der Waals surface area contributed by atoms with Gasteiger partial charge in [0.25, 0.3) is 11.7 Å². The topological polar surface area (TPSA) is 60.9 Å². The summed E-state index contributed by atoms with van der Waals surface area (Å²) in [6.07, 6.45) is 0.711. The zero-order chi connectivity index (χ0) is 24.5. The Morgan fingerprint density at radius 1 is 1.09 bits per heavy atom. The van der Waals surface area contributed by atoms with E-state index in [1.807, 2.05) is 56.3 Å². The molecule has 0 bridgehead atoms. The van der Waals surface area contributed by atoms with Gasteiger partial charge in [-0.1, -0.05) is 56.6 Å². The number of rotatable bonds is 6. The summed E-state index contributed by atoms with van der Waals surface area (Å²) in [4.78, 5) is 29.9. The zero-order valence-corrected chi connectivity index (χ0v) is 21.0. The minimum absolute atomic E-state index is 0.126. The standard InChI is InChI=1S/C27H33ClN2O3/c1-17-8-11-19(27(2,3)4)16-21(17)24(31)22-23(18-9-12-20(28)13-10-18)30(26(33)25(22)32)15-7-14-29(5)6/h8-13,16,23,31H,7,14-15H2,1-6H3/b24-22+. The number of carbonyl (C=O) groups is 2. The number of hydrogen-bond donors (Lipinski definition) is 1. The van der Waals surface area contributed by atoms with Crippen molar-refractivity contribution in [3.05, 3.63) is 75.3 Å². The fraction of sp³-hybridized carbons (Fsp3) is 0.407. The summed E-state index contributed by atoms with van der Waals surface area (Å²) in [5.41, 5.74) is 3.20. The van der Waals surface area contributed by atoms with Crippen molar-refractivity contribution < 1.29 is 14.7 Å². The highest BCUT2D eigenvalue weighted by molar-refractivity contribution is 6.46. The molecule has 176 valence electrons. The molecule has 1 N–H and O–H groups in total. The first-order chi connectivity index (χ1) is 15.4. The molecule has 1 atom stereocenters. The maximum Gasteiger partial charge on any atom is 0.295 e. The van der Waals surface area contributed by atoms with Gasteiger partial charge in [0.2, 0.25) is 0 Å². The maximum atomic E-state index is 13.2. The molecule has 1 saturated heterocycles. The molecule has 2 aromatic carbocycles. The molecule has 1 heterocycles. The van der Waals surface area contributed by atoms with Crippen molar-refractivity contribution >= 4 is 29.1 Å². The van der Waals surface area contributed by atoms with Crippen LogP contribution in [0.5, 0.6) is 0 Å². The van der Waals surface area contributed by atoms with Crippen LogP contribution in [0.4, 0.5) is 0 Å². The molecular formula is C27H33ClN2O3. The number of carbonyl (C=O) groups excluding carboxylic acids is 2. The third-order valence-corrected chi connectivity index (χ3v) is 6.34. The van der Waals surface area contributed by atoms with Gasteiger partial charge in [0, 0.05) is 17.1 Å². The summed E-state index contributed by atoms with van der Waals surface area (Å²) in [6, 6.07) is 12.3. The van der Waals surface area contributed by atoms with Crippen molar-refractivity contribution in [2.24, 2.45) is 0 Å². The van der Waals surface area contributed by atoms with E-state index in [9.17, 15) is 14.7 Å². The van der Waals surface area contributed by atoms with Crippen molar-refractivity contribution in [2.75, 3.05) is 27.2 Å². The third-order valence-electron chi connectivity index (χ3n) is 6.09. The van der Waals surface area contributed by atoms with Crippen LogP contribution in [0, 0.1) is 6.92 Å². The number of amides is 1. The van der Waals surface area contributed by atoms with Crippen LogP contribution in [0.15, 0.2) is 48.0 Å². The Morgan fingerprint density at radius 3 is 2.30 bits per heavy atom. The maximum absolute atomic E-state index is 13.2. The minimum Gasteiger partial charge on any atom is -0.507 e. The van der Waals surface area contributed by atoms with E-state index in [2.05, 4.69) is 20.8 Å². The van der Waals surface area contributed by atoms with E-state index in [-0.39, 0.29) is 16.7 Å². The third kappa shape index (κ3) is 5.31. The average Bonchev–Trinajstić information content (AvgIpc) is 2.98. The van der Waals surface area contributed by atoms with Gasteiger partial charge < -0.3 is 14.9 Å². The number of ketones is 1. The van der Waals surface area contributed by atoms with Gasteiger partial charge in [-0.25, -0.2) is 0 Å². The molecule has 1 fully saturated rings. The van der Waals surface area contributed by atoms with Crippen LogP contribution in [0.2, 0.25) is 5.02 Å². The van der Waals surface area contributed by atoms with E-state index in [0.717, 1.165) is 23.2 Å². The van der Waals surface area contributed by atoms with E-state index < -0.39 is 17.7 Å². The second-order valence-corrected chi connectivity index (χ2v) is 10.4. The molecule has 6 heteroatoms. The van der Waals surface area contributed by atoms with Crippen LogP contribution in [0.25, 0.3) is 5.76 Å². The predicted octanol–water partition coefficient (Wildman–Crippen LogP) is 5.32. The Balaban J connectivity index is 2.17. The molecule has 5 nitrogen and oxygen atoms in total. The van der Waals surface area contributed by atoms with Crippen molar-refractivity contribution in [3.63, 3.8) is 0 Å². The van der Waals surface area contributed by atoms with Crippen LogP contribution in [0.1, 0.15) is 55.5 Å². The fourth-order valence-electron chi connectivity index (χ4n) is 4.15. The van der Waals surface area contributed by atoms with Crippen molar-refractivity contribution in [1.82, 2.24) is 9.80 Å². The number of Topliss-reactive ketones (excluding diaryl/α,β-unsaturated/α-hetero) is 1. The monoisotopic (exact) mass is 468 g/mol. The number of aliphatic hydroxyl groups is 1. The van der Waals surface area contributed by atoms with E-state index in [0.29, 0.717) is 23.6 Å². The Hall–Kier alpha value is -2.63. The van der Waals surface area contributed by atoms with Gasteiger partial charge in [-0.2, -0.15) is 0 Å². The second kappa shape index (κ2) is 9.70. The molecule has 1 aliphatic heterocycles. The molecule has 1 unspecified atom stereocenters. The van der Waals surface area contributed by atoms with Crippen molar-refractivity contribution in [3.8, 4) is 0 Å². The van der Waals surface area contributed by atoms with Gasteiger partial charge in [-0.05, 0) is 74.3 Å². The summed E-state index contributed by atoms with van der Waals surface area (Å²) >= 11 is 6.09. The summed E-state index contributed by atoms with van der Waals surface area (Å²) in [7, 11) is 3.94. The van der Waals surface area contributed by atoms with Gasteiger partial charge in [0.1, 0.15) is 5.76 Å². The molecule has 3 rings (SSSR count). The Morgan fingerprint density at radius 2 is 1.73 bits per heavy atom. The van der Waals surface area contributed by atoms with E-state index in [4.69, 9.17) is 11.6 Å². The average molecular weight is 469 g/mol. The van der Waals surface area contributed by atoms with E-state index >= 15 is 0 Å². The van der Waals surface area contributed by atoms with Crippen LogP contribution in [-0.4, -0.2) is 53.8 Å². The summed E-state index contributed by atoms with van der Waals surface area (Å²) in [6.45, 7) is 9.37. The Kier molecular flexibility index (Phi) is 7.35. The zero-order valence-electron chi connectivity index (χ0n) is 20.3. The number of nitrogens with zero attached hydrogens (tertiary/aromatic N) is 2. The largest absolute Gasteiger partial charge is 0.507 e. The number of aliphatic hydroxyl groups excluding tert-OH is 1. The highest BCUT2D eigenvalue weighted by Gasteiger charge is 2.46. The van der Waals surface area contributed by atoms with Crippen LogP contribution in [0.3, 0.4) is 0 Å². The van der Waals surface area contributed by atoms with E-state index in [1.165, 1.54) is 0 Å². The molecule has 0 saturated carbocycles. The lowest BCUT2D eigenvalue weighted by atomic mass is 9.84. The van der Waals surface area contributed by atoms with Gasteiger partial charge >= 0.3 is 0 Å². The summed E-state index contributed by atoms with van der Waals surface area (Å²) in [5.74, 6) is -1.37. The molecule has 33 heavy (non-hydrogen) atoms. The first-order valence-corrected chi connectivity index (χ1v) is 11.6. The fourth-order valence-corrected chi connectivity index (χ4v) is 4.27. The molecule has 1 aliphatic rings. The number of halogens is 1. The lowest BCUT2D eigenvalue weighted by molar-refractivity contribution is -0.139. The number of hydrogen-bond acceptors (Lipinski definition) is 4. The highest BCUT2D eigenvalue weighted by atomic mass is 35.5. The highest BCUT2D eigenvalue weighted by Crippen LogP contribution is 2.40. The lowest BCUT2D eigenvalue weighted by Gasteiger charge is -2.26.